The highest BCUT2D eigenvalue weighted by molar-refractivity contribution is 7.92. The molecule has 9 heteroatoms. The number of benzene rings is 4. The zero-order valence-corrected chi connectivity index (χ0v) is 27.3. The topological polar surface area (TPSA) is 96.0 Å². The van der Waals surface area contributed by atoms with Gasteiger partial charge in [0.15, 0.2) is 0 Å². The van der Waals surface area contributed by atoms with Gasteiger partial charge in [0.2, 0.25) is 11.8 Å². The molecule has 0 heterocycles. The highest BCUT2D eigenvalue weighted by Gasteiger charge is 2.35. The number of rotatable bonds is 12. The van der Waals surface area contributed by atoms with E-state index in [4.69, 9.17) is 4.74 Å². The smallest absolute Gasteiger partial charge is 0.264 e. The zero-order valence-electron chi connectivity index (χ0n) is 26.4. The van der Waals surface area contributed by atoms with Crippen molar-refractivity contribution in [2.45, 2.75) is 57.1 Å². The quantitative estimate of drug-likeness (QED) is 0.216. The van der Waals surface area contributed by atoms with Gasteiger partial charge in [0.05, 0.1) is 17.7 Å². The normalized spacial score (nSPS) is 12.2. The Kier molecular flexibility index (Phi) is 10.7. The lowest BCUT2D eigenvalue weighted by Gasteiger charge is -2.35. The second-order valence-corrected chi connectivity index (χ2v) is 13.8. The number of carbonyl (C=O) groups excluding carboxylic acids is 2. The summed E-state index contributed by atoms with van der Waals surface area (Å²) in [5.74, 6) is -0.295. The molecule has 1 N–H and O–H groups in total. The van der Waals surface area contributed by atoms with Crippen molar-refractivity contribution in [2.75, 3.05) is 18.0 Å². The molecule has 4 aromatic carbocycles. The minimum atomic E-state index is -4.17. The van der Waals surface area contributed by atoms with E-state index in [1.807, 2.05) is 82.3 Å². The summed E-state index contributed by atoms with van der Waals surface area (Å²) >= 11 is 0. The lowest BCUT2D eigenvalue weighted by atomic mass is 10.0. The predicted molar refractivity (Wildman–Crippen MR) is 178 cm³/mol. The van der Waals surface area contributed by atoms with Crippen LogP contribution in [0.25, 0.3) is 0 Å². The first-order valence-electron chi connectivity index (χ1n) is 14.8. The van der Waals surface area contributed by atoms with Crippen molar-refractivity contribution in [1.29, 1.82) is 0 Å². The van der Waals surface area contributed by atoms with Crippen molar-refractivity contribution >= 4 is 27.5 Å². The van der Waals surface area contributed by atoms with E-state index in [-0.39, 0.29) is 23.8 Å². The van der Waals surface area contributed by atoms with E-state index in [1.54, 1.807) is 42.5 Å². The van der Waals surface area contributed by atoms with Gasteiger partial charge in [0.1, 0.15) is 18.3 Å². The molecule has 0 spiro atoms. The van der Waals surface area contributed by atoms with Gasteiger partial charge in [0.25, 0.3) is 10.0 Å². The maximum absolute atomic E-state index is 14.5. The Balaban J connectivity index is 1.81. The largest absolute Gasteiger partial charge is 0.497 e. The molecule has 0 aliphatic carbocycles. The third-order valence-corrected chi connectivity index (χ3v) is 8.96. The van der Waals surface area contributed by atoms with E-state index < -0.39 is 34.1 Å². The summed E-state index contributed by atoms with van der Waals surface area (Å²) in [6, 6.07) is 30.8. The third kappa shape index (κ3) is 8.95. The van der Waals surface area contributed by atoms with Crippen LogP contribution in [0.2, 0.25) is 0 Å². The zero-order chi connectivity index (χ0) is 32.6. The number of amides is 2. The number of sulfonamides is 1. The summed E-state index contributed by atoms with van der Waals surface area (Å²) in [7, 11) is -2.65. The first kappa shape index (κ1) is 33.3. The summed E-state index contributed by atoms with van der Waals surface area (Å²) in [4.78, 5) is 30.0. The lowest BCUT2D eigenvalue weighted by Crippen LogP contribution is -2.56. The van der Waals surface area contributed by atoms with Gasteiger partial charge in [-0.15, -0.1) is 0 Å². The van der Waals surface area contributed by atoms with Crippen LogP contribution >= 0.6 is 0 Å². The van der Waals surface area contributed by atoms with E-state index in [9.17, 15) is 18.0 Å². The van der Waals surface area contributed by atoms with E-state index in [1.165, 1.54) is 24.1 Å². The Labute approximate surface area is 266 Å². The van der Waals surface area contributed by atoms with Gasteiger partial charge in [-0.1, -0.05) is 78.4 Å². The molecule has 0 aliphatic rings. The summed E-state index contributed by atoms with van der Waals surface area (Å²) in [5.41, 5.74) is 2.44. The van der Waals surface area contributed by atoms with Crippen molar-refractivity contribution in [2.24, 2.45) is 0 Å². The maximum atomic E-state index is 14.5. The number of hydrogen-bond donors (Lipinski definition) is 1. The predicted octanol–water partition coefficient (Wildman–Crippen LogP) is 5.75. The number of carbonyl (C=O) groups is 2. The third-order valence-electron chi connectivity index (χ3n) is 7.18. The highest BCUT2D eigenvalue weighted by Crippen LogP contribution is 2.27. The molecule has 8 nitrogen and oxygen atoms in total. The van der Waals surface area contributed by atoms with Gasteiger partial charge in [-0.05, 0) is 75.2 Å². The molecule has 4 aromatic rings. The molecule has 0 unspecified atom stereocenters. The number of nitrogens with zero attached hydrogens (tertiary/aromatic N) is 2. The average Bonchev–Trinajstić information content (AvgIpc) is 3.01. The molecule has 1 atom stereocenters. The first-order valence-corrected chi connectivity index (χ1v) is 16.2. The maximum Gasteiger partial charge on any atom is 0.264 e. The van der Waals surface area contributed by atoms with E-state index in [2.05, 4.69) is 5.32 Å². The molecule has 0 radical (unpaired) electrons. The Bertz CT molecular complexity index is 1690. The fourth-order valence-electron chi connectivity index (χ4n) is 5.01. The van der Waals surface area contributed by atoms with Gasteiger partial charge >= 0.3 is 0 Å². The van der Waals surface area contributed by atoms with Crippen LogP contribution in [-0.2, 0) is 32.6 Å². The Morgan fingerprint density at radius 1 is 0.822 bits per heavy atom. The van der Waals surface area contributed by atoms with Gasteiger partial charge in [-0.25, -0.2) is 8.42 Å². The number of methoxy groups -OCH3 is 1. The first-order chi connectivity index (χ1) is 21.4. The Morgan fingerprint density at radius 2 is 1.42 bits per heavy atom. The molecular weight excluding hydrogens is 586 g/mol. The van der Waals surface area contributed by atoms with Gasteiger partial charge in [-0.2, -0.15) is 0 Å². The van der Waals surface area contributed by atoms with Crippen molar-refractivity contribution in [1.82, 2.24) is 10.2 Å². The van der Waals surface area contributed by atoms with E-state index >= 15 is 0 Å². The summed E-state index contributed by atoms with van der Waals surface area (Å²) in [6.45, 7) is 7.20. The number of aryl methyl sites for hydroxylation is 1. The minimum absolute atomic E-state index is 0.0464. The van der Waals surface area contributed by atoms with Crippen LogP contribution in [0, 0.1) is 6.92 Å². The van der Waals surface area contributed by atoms with Gasteiger partial charge in [0, 0.05) is 18.5 Å². The van der Waals surface area contributed by atoms with Crippen LogP contribution in [0.1, 0.15) is 37.5 Å². The second-order valence-electron chi connectivity index (χ2n) is 12.0. The van der Waals surface area contributed by atoms with Crippen molar-refractivity contribution < 1.29 is 22.7 Å². The Morgan fingerprint density at radius 3 is 2.00 bits per heavy atom. The molecule has 45 heavy (non-hydrogen) atoms. The van der Waals surface area contributed by atoms with E-state index in [0.717, 1.165) is 21.0 Å². The van der Waals surface area contributed by atoms with Crippen LogP contribution in [0.15, 0.2) is 114 Å². The molecular formula is C36H41N3O5S. The van der Waals surface area contributed by atoms with Crippen LogP contribution in [-0.4, -0.2) is 50.4 Å². The molecule has 0 fully saturated rings. The van der Waals surface area contributed by atoms with Crippen LogP contribution < -0.4 is 14.4 Å². The summed E-state index contributed by atoms with van der Waals surface area (Å²) in [6.07, 6.45) is 0.244. The summed E-state index contributed by atoms with van der Waals surface area (Å²) in [5, 5.41) is 3.05. The fourth-order valence-corrected chi connectivity index (χ4v) is 6.45. The lowest BCUT2D eigenvalue weighted by molar-refractivity contribution is -0.140. The number of anilines is 1. The van der Waals surface area contributed by atoms with Crippen molar-refractivity contribution in [3.05, 3.63) is 126 Å². The average molecular weight is 628 g/mol. The number of ether oxygens (including phenoxy) is 1. The van der Waals surface area contributed by atoms with Gasteiger partial charge in [-0.3, -0.25) is 13.9 Å². The summed E-state index contributed by atoms with van der Waals surface area (Å²) < 4.78 is 34.5. The standard InChI is InChI=1S/C36H41N3O5S/c1-27-13-12-16-29(23-27)25-38(33(35(41)37-36(2,3)4)24-28-14-8-6-9-15-28)34(40)26-39(30-19-21-31(44-5)22-20-30)45(42,43)32-17-10-7-11-18-32/h6-23,33H,24-26H2,1-5H3,(H,37,41)/t33-/m1/s1. The molecule has 0 aromatic heterocycles. The number of nitrogens with one attached hydrogen (secondary N) is 1. The van der Waals surface area contributed by atoms with Crippen molar-refractivity contribution in [3.8, 4) is 5.75 Å². The molecule has 0 bridgehead atoms. The molecule has 2 amide bonds. The molecule has 0 saturated heterocycles. The Hall–Kier alpha value is -4.63. The molecule has 4 rings (SSSR count). The SMILES string of the molecule is COc1ccc(N(CC(=O)N(Cc2cccc(C)c2)[C@H](Cc2ccccc2)C(=O)NC(C)(C)C)S(=O)(=O)c2ccccc2)cc1. The van der Waals surface area contributed by atoms with E-state index in [0.29, 0.717) is 11.4 Å². The number of hydrogen-bond acceptors (Lipinski definition) is 5. The van der Waals surface area contributed by atoms with Crippen LogP contribution in [0.3, 0.4) is 0 Å². The highest BCUT2D eigenvalue weighted by atomic mass is 32.2. The second kappa shape index (κ2) is 14.4. The van der Waals surface area contributed by atoms with Crippen LogP contribution in [0.5, 0.6) is 5.75 Å². The van der Waals surface area contributed by atoms with Crippen molar-refractivity contribution in [3.63, 3.8) is 0 Å². The van der Waals surface area contributed by atoms with Crippen LogP contribution in [0.4, 0.5) is 5.69 Å². The molecule has 0 saturated carbocycles. The van der Waals surface area contributed by atoms with Gasteiger partial charge < -0.3 is 15.0 Å². The molecule has 0 aliphatic heterocycles. The monoisotopic (exact) mass is 627 g/mol. The molecule has 236 valence electrons. The fraction of sp³-hybridized carbons (Fsp3) is 0.278. The minimum Gasteiger partial charge on any atom is -0.497 e.